The fraction of sp³-hybridized carbons (Fsp3) is 0.409. The lowest BCUT2D eigenvalue weighted by Gasteiger charge is -2.17. The molecule has 0 unspecified atom stereocenters. The zero-order valence-corrected chi connectivity index (χ0v) is 18.0. The number of carbonyl (C=O) groups is 2. The summed E-state index contributed by atoms with van der Waals surface area (Å²) >= 11 is 0. The molecular formula is C22H23N5O6. The van der Waals surface area contributed by atoms with Gasteiger partial charge in [0.2, 0.25) is 5.88 Å². The zero-order chi connectivity index (χ0) is 22.9. The summed E-state index contributed by atoms with van der Waals surface area (Å²) in [5.74, 6) is 0.887. The van der Waals surface area contributed by atoms with E-state index >= 15 is 0 Å². The predicted molar refractivity (Wildman–Crippen MR) is 115 cm³/mol. The maximum absolute atomic E-state index is 13.0. The summed E-state index contributed by atoms with van der Waals surface area (Å²) in [6.07, 6.45) is 5.34. The van der Waals surface area contributed by atoms with E-state index < -0.39 is 17.8 Å². The van der Waals surface area contributed by atoms with Gasteiger partial charge in [0, 0.05) is 25.2 Å². The van der Waals surface area contributed by atoms with Crippen LogP contribution in [-0.2, 0) is 20.9 Å². The van der Waals surface area contributed by atoms with Gasteiger partial charge in [0.05, 0.1) is 25.6 Å². The molecule has 3 aromatic heterocycles. The van der Waals surface area contributed by atoms with Crippen molar-refractivity contribution in [1.29, 1.82) is 0 Å². The van der Waals surface area contributed by atoms with E-state index in [-0.39, 0.29) is 12.5 Å². The molecule has 2 aliphatic rings. The second-order valence-electron chi connectivity index (χ2n) is 8.10. The first-order chi connectivity index (χ1) is 16.0. The van der Waals surface area contributed by atoms with Gasteiger partial charge in [-0.15, -0.1) is 5.10 Å². The third-order valence-electron chi connectivity index (χ3n) is 5.69. The molecule has 4 heterocycles. The number of hydrogen-bond acceptors (Lipinski definition) is 8. The number of esters is 1. The normalized spacial score (nSPS) is 18.0. The largest absolute Gasteiger partial charge is 0.479 e. The van der Waals surface area contributed by atoms with Gasteiger partial charge in [-0.1, -0.05) is 0 Å². The van der Waals surface area contributed by atoms with Gasteiger partial charge in [-0.2, -0.15) is 0 Å². The number of ether oxygens (including phenoxy) is 3. The first-order valence-electron chi connectivity index (χ1n) is 10.7. The summed E-state index contributed by atoms with van der Waals surface area (Å²) in [5.41, 5.74) is 0.411. The molecule has 1 aliphatic heterocycles. The number of amides is 1. The molecule has 0 radical (unpaired) electrons. The highest BCUT2D eigenvalue weighted by Crippen LogP contribution is 2.29. The van der Waals surface area contributed by atoms with Crippen LogP contribution in [0.2, 0.25) is 0 Å². The van der Waals surface area contributed by atoms with Crippen molar-refractivity contribution < 1.29 is 23.8 Å². The number of hydrogen-bond donors (Lipinski definition) is 0. The van der Waals surface area contributed by atoms with Crippen molar-refractivity contribution in [1.82, 2.24) is 19.2 Å². The summed E-state index contributed by atoms with van der Waals surface area (Å²) < 4.78 is 18.4. The van der Waals surface area contributed by atoms with E-state index in [4.69, 9.17) is 9.47 Å². The van der Waals surface area contributed by atoms with Crippen molar-refractivity contribution in [2.75, 3.05) is 25.2 Å². The summed E-state index contributed by atoms with van der Waals surface area (Å²) in [6.45, 7) is 0.831. The van der Waals surface area contributed by atoms with Gasteiger partial charge < -0.3 is 19.1 Å². The SMILES string of the molecule is COC(=O)Cn1nc2ccc(N3CC[C@@H](Oc4ccc(OCC5CC5)nc4)C3=O)cn2c1=O. The molecule has 1 saturated heterocycles. The number of aromatic nitrogens is 4. The van der Waals surface area contributed by atoms with E-state index in [9.17, 15) is 14.4 Å². The molecule has 1 saturated carbocycles. The maximum atomic E-state index is 13.0. The average molecular weight is 453 g/mol. The number of anilines is 1. The topological polar surface area (TPSA) is 117 Å². The molecule has 0 N–H and O–H groups in total. The zero-order valence-electron chi connectivity index (χ0n) is 18.0. The van der Waals surface area contributed by atoms with Crippen molar-refractivity contribution in [2.24, 2.45) is 5.92 Å². The number of methoxy groups -OCH3 is 1. The van der Waals surface area contributed by atoms with Crippen LogP contribution < -0.4 is 20.1 Å². The lowest BCUT2D eigenvalue weighted by Crippen LogP contribution is -2.32. The quantitative estimate of drug-likeness (QED) is 0.465. The van der Waals surface area contributed by atoms with E-state index in [0.29, 0.717) is 48.5 Å². The number of carbonyl (C=O) groups excluding carboxylic acids is 2. The highest BCUT2D eigenvalue weighted by atomic mass is 16.5. The molecule has 1 aliphatic carbocycles. The second-order valence-corrected chi connectivity index (χ2v) is 8.10. The van der Waals surface area contributed by atoms with Gasteiger partial charge in [-0.3, -0.25) is 9.59 Å². The lowest BCUT2D eigenvalue weighted by atomic mass is 10.3. The van der Waals surface area contributed by atoms with Crippen molar-refractivity contribution in [3.05, 3.63) is 47.1 Å². The van der Waals surface area contributed by atoms with Crippen molar-refractivity contribution >= 4 is 23.2 Å². The third kappa shape index (κ3) is 4.38. The minimum absolute atomic E-state index is 0.210. The van der Waals surface area contributed by atoms with Crippen molar-refractivity contribution in [3.8, 4) is 11.6 Å². The Morgan fingerprint density at radius 3 is 2.73 bits per heavy atom. The van der Waals surface area contributed by atoms with Crippen LogP contribution in [0.15, 0.2) is 41.5 Å². The van der Waals surface area contributed by atoms with E-state index in [2.05, 4.69) is 14.8 Å². The van der Waals surface area contributed by atoms with Crippen LogP contribution >= 0.6 is 0 Å². The number of fused-ring (bicyclic) bond motifs is 1. The predicted octanol–water partition coefficient (Wildman–Crippen LogP) is 1.04. The highest BCUT2D eigenvalue weighted by molar-refractivity contribution is 5.99. The van der Waals surface area contributed by atoms with Crippen LogP contribution in [0.5, 0.6) is 11.6 Å². The number of nitrogens with zero attached hydrogens (tertiary/aromatic N) is 5. The number of rotatable bonds is 8. The molecule has 33 heavy (non-hydrogen) atoms. The van der Waals surface area contributed by atoms with E-state index in [1.807, 2.05) is 0 Å². The van der Waals surface area contributed by atoms with Gasteiger partial charge in [0.1, 0.15) is 12.3 Å². The first-order valence-corrected chi connectivity index (χ1v) is 10.7. The molecule has 0 bridgehead atoms. The van der Waals surface area contributed by atoms with E-state index in [1.54, 1.807) is 35.4 Å². The maximum Gasteiger partial charge on any atom is 0.350 e. The molecule has 11 heteroatoms. The Kier molecular flexibility index (Phi) is 5.45. The summed E-state index contributed by atoms with van der Waals surface area (Å²) in [6, 6.07) is 6.81. The molecule has 2 fully saturated rings. The van der Waals surface area contributed by atoms with Crippen LogP contribution in [0, 0.1) is 5.92 Å². The Morgan fingerprint density at radius 1 is 1.15 bits per heavy atom. The van der Waals surface area contributed by atoms with Crippen LogP contribution in [0.1, 0.15) is 19.3 Å². The Hall–Kier alpha value is -3.89. The molecule has 5 rings (SSSR count). The highest BCUT2D eigenvalue weighted by Gasteiger charge is 2.34. The van der Waals surface area contributed by atoms with Crippen LogP contribution in [-0.4, -0.2) is 57.4 Å². The van der Waals surface area contributed by atoms with Crippen LogP contribution in [0.25, 0.3) is 5.65 Å². The van der Waals surface area contributed by atoms with Gasteiger partial charge in [-0.25, -0.2) is 18.9 Å². The Balaban J connectivity index is 1.26. The first kappa shape index (κ1) is 21.0. The minimum Gasteiger partial charge on any atom is -0.479 e. The summed E-state index contributed by atoms with van der Waals surface area (Å²) in [5, 5.41) is 4.11. The second kappa shape index (κ2) is 8.57. The minimum atomic E-state index is -0.653. The van der Waals surface area contributed by atoms with E-state index in [0.717, 1.165) is 4.68 Å². The van der Waals surface area contributed by atoms with Crippen LogP contribution in [0.3, 0.4) is 0 Å². The molecule has 11 nitrogen and oxygen atoms in total. The molecular weight excluding hydrogens is 430 g/mol. The molecule has 0 aromatic carbocycles. The molecule has 3 aromatic rings. The molecule has 1 atom stereocenters. The monoisotopic (exact) mass is 453 g/mol. The molecule has 1 amide bonds. The Bertz CT molecular complexity index is 1250. The van der Waals surface area contributed by atoms with Gasteiger partial charge in [0.25, 0.3) is 5.91 Å². The summed E-state index contributed by atoms with van der Waals surface area (Å²) in [4.78, 5) is 42.8. The fourth-order valence-corrected chi connectivity index (χ4v) is 3.65. The standard InChI is InChI=1S/C22H23N5O6/c1-31-20(28)12-27-22(30)26-11-15(4-6-18(26)24-27)25-9-8-17(21(25)29)33-16-5-7-19(23-10-16)32-13-14-2-3-14/h4-7,10-11,14,17H,2-3,8-9,12-13H2,1H3/t17-/m1/s1. The molecule has 0 spiro atoms. The van der Waals surface area contributed by atoms with Crippen molar-refractivity contribution in [2.45, 2.75) is 31.9 Å². The van der Waals surface area contributed by atoms with Gasteiger partial charge in [-0.05, 0) is 37.0 Å². The fourth-order valence-electron chi connectivity index (χ4n) is 3.65. The van der Waals surface area contributed by atoms with Crippen LogP contribution in [0.4, 0.5) is 5.69 Å². The average Bonchev–Trinajstić information content (AvgIpc) is 3.53. The molecule has 172 valence electrons. The van der Waals surface area contributed by atoms with Crippen molar-refractivity contribution in [3.63, 3.8) is 0 Å². The van der Waals surface area contributed by atoms with E-state index in [1.165, 1.54) is 30.5 Å². The lowest BCUT2D eigenvalue weighted by molar-refractivity contribution is -0.141. The Labute approximate surface area is 188 Å². The third-order valence-corrected chi connectivity index (χ3v) is 5.69. The smallest absolute Gasteiger partial charge is 0.350 e. The Morgan fingerprint density at radius 2 is 2.00 bits per heavy atom. The number of pyridine rings is 2. The van der Waals surface area contributed by atoms with Gasteiger partial charge >= 0.3 is 11.7 Å². The summed E-state index contributed by atoms with van der Waals surface area (Å²) in [7, 11) is 1.24. The van der Waals surface area contributed by atoms with Gasteiger partial charge in [0.15, 0.2) is 11.8 Å².